The second kappa shape index (κ2) is 9.09. The lowest BCUT2D eigenvalue weighted by molar-refractivity contribution is -0.122. The van der Waals surface area contributed by atoms with E-state index in [4.69, 9.17) is 5.73 Å². The average Bonchev–Trinajstić information content (AvgIpc) is 2.46. The molecule has 0 saturated heterocycles. The molecule has 0 fully saturated rings. The predicted octanol–water partition coefficient (Wildman–Crippen LogP) is 1.10. The molecule has 1 atom stereocenters. The number of hydrogen-bond acceptors (Lipinski definition) is 4. The molecule has 22 heavy (non-hydrogen) atoms. The van der Waals surface area contributed by atoms with Gasteiger partial charge in [-0.25, -0.2) is 8.42 Å². The largest absolute Gasteiger partial charge is 0.351 e. The van der Waals surface area contributed by atoms with Gasteiger partial charge in [0.15, 0.2) is 0 Å². The van der Waals surface area contributed by atoms with Crippen LogP contribution < -0.4 is 11.1 Å². The maximum absolute atomic E-state index is 12.3. The molecule has 126 valence electrons. The molecule has 0 heterocycles. The van der Waals surface area contributed by atoms with Gasteiger partial charge in [0.25, 0.3) is 0 Å². The number of nitrogens with one attached hydrogen (secondary N) is 1. The first-order valence-electron chi connectivity index (χ1n) is 6.95. The molecule has 1 rings (SSSR count). The van der Waals surface area contributed by atoms with E-state index in [1.54, 1.807) is 45.0 Å². The highest BCUT2D eigenvalue weighted by Crippen LogP contribution is 2.16. The molecule has 0 aliphatic heterocycles. The minimum atomic E-state index is -3.44. The van der Waals surface area contributed by atoms with Crippen LogP contribution in [0, 0.1) is 0 Å². The second-order valence-electron chi connectivity index (χ2n) is 4.74. The summed E-state index contributed by atoms with van der Waals surface area (Å²) in [6.07, 6.45) is 0. The van der Waals surface area contributed by atoms with Crippen molar-refractivity contribution >= 4 is 28.3 Å². The lowest BCUT2D eigenvalue weighted by Gasteiger charge is -2.18. The van der Waals surface area contributed by atoms with Crippen molar-refractivity contribution in [2.45, 2.75) is 38.3 Å². The molecule has 1 aromatic rings. The molecule has 0 radical (unpaired) electrons. The van der Waals surface area contributed by atoms with Gasteiger partial charge in [-0.15, -0.1) is 12.4 Å². The number of nitrogens with two attached hydrogens (primary N) is 1. The number of halogens is 1. The first kappa shape index (κ1) is 20.9. The summed E-state index contributed by atoms with van der Waals surface area (Å²) in [6, 6.07) is 5.94. The third-order valence-corrected chi connectivity index (χ3v) is 5.21. The maximum Gasteiger partial charge on any atom is 0.243 e. The van der Waals surface area contributed by atoms with Crippen LogP contribution in [-0.2, 0) is 21.4 Å². The number of benzene rings is 1. The summed E-state index contributed by atoms with van der Waals surface area (Å²) in [7, 11) is -3.44. The molecule has 0 saturated carbocycles. The highest BCUT2D eigenvalue weighted by molar-refractivity contribution is 7.89. The van der Waals surface area contributed by atoms with Crippen LogP contribution in [-0.4, -0.2) is 37.8 Å². The highest BCUT2D eigenvalue weighted by atomic mass is 35.5. The number of sulfonamides is 1. The Bertz CT molecular complexity index is 570. The topological polar surface area (TPSA) is 92.5 Å². The molecule has 1 unspecified atom stereocenters. The smallest absolute Gasteiger partial charge is 0.243 e. The Hall–Kier alpha value is -1.15. The molecule has 3 N–H and O–H groups in total. The van der Waals surface area contributed by atoms with Crippen molar-refractivity contribution in [3.63, 3.8) is 0 Å². The molecular weight excluding hydrogens is 326 g/mol. The van der Waals surface area contributed by atoms with E-state index in [-0.39, 0.29) is 23.2 Å². The summed E-state index contributed by atoms with van der Waals surface area (Å²) < 4.78 is 26.0. The quantitative estimate of drug-likeness (QED) is 0.771. The zero-order valence-corrected chi connectivity index (χ0v) is 14.7. The van der Waals surface area contributed by atoms with Crippen LogP contribution >= 0.6 is 12.4 Å². The summed E-state index contributed by atoms with van der Waals surface area (Å²) in [5.41, 5.74) is 6.27. The predicted molar refractivity (Wildman–Crippen MR) is 89.3 cm³/mol. The number of hydrogen-bond donors (Lipinski definition) is 2. The fraction of sp³-hybridized carbons (Fsp3) is 0.500. The number of nitrogens with zero attached hydrogens (tertiary/aromatic N) is 1. The Morgan fingerprint density at radius 3 is 2.14 bits per heavy atom. The Morgan fingerprint density at radius 2 is 1.73 bits per heavy atom. The van der Waals surface area contributed by atoms with E-state index in [1.165, 1.54) is 4.31 Å². The number of amides is 1. The standard InChI is InChI=1S/C14H23N3O3S.ClH/c1-4-17(5-2)21(19,20)13-8-6-12(7-9-13)10-16-14(18)11(3)15;/h6-9,11H,4-5,10,15H2,1-3H3,(H,16,18);1H. The summed E-state index contributed by atoms with van der Waals surface area (Å²) in [5, 5.41) is 2.68. The molecular formula is C14H24ClN3O3S. The fourth-order valence-electron chi connectivity index (χ4n) is 1.84. The Balaban J connectivity index is 0.00000441. The van der Waals surface area contributed by atoms with Gasteiger partial charge >= 0.3 is 0 Å². The molecule has 6 nitrogen and oxygen atoms in total. The van der Waals surface area contributed by atoms with Gasteiger partial charge in [-0.1, -0.05) is 26.0 Å². The summed E-state index contributed by atoms with van der Waals surface area (Å²) in [6.45, 7) is 6.41. The van der Waals surface area contributed by atoms with Gasteiger partial charge in [0.2, 0.25) is 15.9 Å². The van der Waals surface area contributed by atoms with Crippen molar-refractivity contribution in [2.24, 2.45) is 5.73 Å². The first-order chi connectivity index (χ1) is 9.82. The van der Waals surface area contributed by atoms with E-state index in [0.717, 1.165) is 5.56 Å². The van der Waals surface area contributed by atoms with E-state index in [0.29, 0.717) is 19.6 Å². The van der Waals surface area contributed by atoms with Crippen LogP contribution in [0.15, 0.2) is 29.2 Å². The molecule has 0 aliphatic carbocycles. The molecule has 0 aliphatic rings. The minimum Gasteiger partial charge on any atom is -0.351 e. The minimum absolute atomic E-state index is 0. The van der Waals surface area contributed by atoms with Gasteiger partial charge in [0.1, 0.15) is 0 Å². The van der Waals surface area contributed by atoms with E-state index < -0.39 is 16.1 Å². The van der Waals surface area contributed by atoms with Crippen LogP contribution in [0.3, 0.4) is 0 Å². The van der Waals surface area contributed by atoms with Crippen LogP contribution in [0.1, 0.15) is 26.3 Å². The van der Waals surface area contributed by atoms with Gasteiger partial charge in [0.05, 0.1) is 10.9 Å². The van der Waals surface area contributed by atoms with Crippen molar-refractivity contribution < 1.29 is 13.2 Å². The normalized spacial score (nSPS) is 12.6. The van der Waals surface area contributed by atoms with Gasteiger partial charge in [-0.2, -0.15) is 4.31 Å². The second-order valence-corrected chi connectivity index (χ2v) is 6.68. The highest BCUT2D eigenvalue weighted by Gasteiger charge is 2.21. The third-order valence-electron chi connectivity index (χ3n) is 3.15. The van der Waals surface area contributed by atoms with Crippen molar-refractivity contribution in [2.75, 3.05) is 13.1 Å². The lowest BCUT2D eigenvalue weighted by Crippen LogP contribution is -2.37. The summed E-state index contributed by atoms with van der Waals surface area (Å²) in [5.74, 6) is -0.241. The number of carbonyl (C=O) groups excluding carboxylic acids is 1. The number of rotatable bonds is 7. The van der Waals surface area contributed by atoms with Crippen molar-refractivity contribution in [1.82, 2.24) is 9.62 Å². The zero-order chi connectivity index (χ0) is 16.0. The Morgan fingerprint density at radius 1 is 1.23 bits per heavy atom. The monoisotopic (exact) mass is 349 g/mol. The third kappa shape index (κ3) is 5.24. The van der Waals surface area contributed by atoms with Crippen LogP contribution in [0.25, 0.3) is 0 Å². The van der Waals surface area contributed by atoms with Gasteiger partial charge in [-0.05, 0) is 24.6 Å². The molecule has 0 bridgehead atoms. The summed E-state index contributed by atoms with van der Waals surface area (Å²) >= 11 is 0. The van der Waals surface area contributed by atoms with Crippen molar-refractivity contribution in [1.29, 1.82) is 0 Å². The number of carbonyl (C=O) groups is 1. The molecule has 0 spiro atoms. The van der Waals surface area contributed by atoms with Crippen molar-refractivity contribution in [3.8, 4) is 0 Å². The first-order valence-corrected chi connectivity index (χ1v) is 8.39. The van der Waals surface area contributed by atoms with E-state index in [1.807, 2.05) is 0 Å². The lowest BCUT2D eigenvalue weighted by atomic mass is 10.2. The van der Waals surface area contributed by atoms with Gasteiger partial charge < -0.3 is 11.1 Å². The molecule has 1 amide bonds. The molecule has 0 aromatic heterocycles. The van der Waals surface area contributed by atoms with Gasteiger partial charge in [0, 0.05) is 19.6 Å². The Kier molecular flexibility index (Phi) is 8.62. The SMILES string of the molecule is CCN(CC)S(=O)(=O)c1ccc(CNC(=O)C(C)N)cc1.Cl. The van der Waals surface area contributed by atoms with Crippen LogP contribution in [0.2, 0.25) is 0 Å². The van der Waals surface area contributed by atoms with Crippen LogP contribution in [0.5, 0.6) is 0 Å². The Labute approximate surface area is 138 Å². The van der Waals surface area contributed by atoms with Crippen LogP contribution in [0.4, 0.5) is 0 Å². The summed E-state index contributed by atoms with van der Waals surface area (Å²) in [4.78, 5) is 11.6. The van der Waals surface area contributed by atoms with E-state index >= 15 is 0 Å². The zero-order valence-electron chi connectivity index (χ0n) is 13.1. The van der Waals surface area contributed by atoms with Gasteiger partial charge in [-0.3, -0.25) is 4.79 Å². The fourth-order valence-corrected chi connectivity index (χ4v) is 3.30. The van der Waals surface area contributed by atoms with Crippen molar-refractivity contribution in [3.05, 3.63) is 29.8 Å². The van der Waals surface area contributed by atoms with E-state index in [2.05, 4.69) is 5.32 Å². The van der Waals surface area contributed by atoms with E-state index in [9.17, 15) is 13.2 Å². The molecule has 1 aromatic carbocycles. The maximum atomic E-state index is 12.3. The molecule has 8 heteroatoms. The average molecular weight is 350 g/mol.